The highest BCUT2D eigenvalue weighted by atomic mass is 16.5. The molecule has 2 fully saturated rings. The fourth-order valence-electron chi connectivity index (χ4n) is 2.57. The number of carbonyl (C=O) groups excluding carboxylic acids is 1. The van der Waals surface area contributed by atoms with Crippen LogP contribution in [0.15, 0.2) is 0 Å². The van der Waals surface area contributed by atoms with Gasteiger partial charge in [-0.3, -0.25) is 0 Å². The molecule has 1 aliphatic heterocycles. The largest absolute Gasteiger partial charge is 0.480 e. The van der Waals surface area contributed by atoms with E-state index >= 15 is 0 Å². The minimum atomic E-state index is -1.17. The number of hydrogen-bond donors (Lipinski definition) is 2. The highest BCUT2D eigenvalue weighted by Gasteiger charge is 2.44. The fourth-order valence-corrected chi connectivity index (χ4v) is 2.57. The van der Waals surface area contributed by atoms with E-state index in [1.54, 1.807) is 4.90 Å². The van der Waals surface area contributed by atoms with E-state index in [1.807, 2.05) is 0 Å². The minimum absolute atomic E-state index is 0.245. The molecule has 1 aliphatic carbocycles. The Morgan fingerprint density at radius 2 is 1.95 bits per heavy atom. The maximum atomic E-state index is 12.4. The number of aliphatic carboxylic acids is 1. The Labute approximate surface area is 119 Å². The van der Waals surface area contributed by atoms with Crippen LogP contribution in [0.5, 0.6) is 0 Å². The molecule has 1 saturated carbocycles. The molecule has 2 aliphatic rings. The number of rotatable bonds is 5. The lowest BCUT2D eigenvalue weighted by atomic mass is 9.90. The maximum absolute atomic E-state index is 12.4. The SMILES string of the molecule is CC(C)CN(C(=O)NC1(C(=O)O)CCOCC1)C1CC1. The Balaban J connectivity index is 2.04. The van der Waals surface area contributed by atoms with Crippen molar-refractivity contribution in [2.24, 2.45) is 5.92 Å². The summed E-state index contributed by atoms with van der Waals surface area (Å²) in [5.74, 6) is -0.591. The van der Waals surface area contributed by atoms with Gasteiger partial charge in [-0.05, 0) is 18.8 Å². The Bertz CT molecular complexity index is 373. The van der Waals surface area contributed by atoms with Crippen LogP contribution in [0.1, 0.15) is 39.5 Å². The summed E-state index contributed by atoms with van der Waals surface area (Å²) in [7, 11) is 0. The average Bonchev–Trinajstić information content (AvgIpc) is 3.20. The quantitative estimate of drug-likeness (QED) is 0.801. The van der Waals surface area contributed by atoms with Crippen molar-refractivity contribution < 1.29 is 19.4 Å². The molecule has 0 spiro atoms. The van der Waals surface area contributed by atoms with Gasteiger partial charge in [-0.25, -0.2) is 9.59 Å². The van der Waals surface area contributed by atoms with Crippen molar-refractivity contribution in [3.8, 4) is 0 Å². The van der Waals surface area contributed by atoms with Gasteiger partial charge in [0.2, 0.25) is 0 Å². The van der Waals surface area contributed by atoms with Crippen LogP contribution in [0.2, 0.25) is 0 Å². The molecule has 114 valence electrons. The van der Waals surface area contributed by atoms with Crippen molar-refractivity contribution >= 4 is 12.0 Å². The average molecular weight is 284 g/mol. The van der Waals surface area contributed by atoms with Gasteiger partial charge in [0.15, 0.2) is 0 Å². The molecule has 6 nitrogen and oxygen atoms in total. The van der Waals surface area contributed by atoms with Crippen molar-refractivity contribution in [3.05, 3.63) is 0 Å². The summed E-state index contributed by atoms with van der Waals surface area (Å²) in [6, 6.07) is 0.0357. The molecule has 2 N–H and O–H groups in total. The van der Waals surface area contributed by atoms with Crippen molar-refractivity contribution in [2.45, 2.75) is 51.1 Å². The van der Waals surface area contributed by atoms with Crippen molar-refractivity contribution in [1.29, 1.82) is 0 Å². The van der Waals surface area contributed by atoms with Gasteiger partial charge in [0.1, 0.15) is 5.54 Å². The first-order valence-corrected chi connectivity index (χ1v) is 7.34. The highest BCUT2D eigenvalue weighted by molar-refractivity contribution is 5.86. The van der Waals surface area contributed by atoms with E-state index in [0.717, 1.165) is 12.8 Å². The zero-order valence-corrected chi connectivity index (χ0v) is 12.2. The number of nitrogens with one attached hydrogen (secondary N) is 1. The molecule has 2 amide bonds. The zero-order chi connectivity index (χ0) is 14.8. The van der Waals surface area contributed by atoms with Gasteiger partial charge in [-0.1, -0.05) is 13.8 Å². The lowest BCUT2D eigenvalue weighted by molar-refractivity contribution is -0.148. The molecule has 20 heavy (non-hydrogen) atoms. The second-order valence-electron chi connectivity index (χ2n) is 6.21. The predicted molar refractivity (Wildman–Crippen MR) is 73.5 cm³/mol. The summed E-state index contributed by atoms with van der Waals surface area (Å²) >= 11 is 0. The summed E-state index contributed by atoms with van der Waals surface area (Å²) in [5.41, 5.74) is -1.17. The van der Waals surface area contributed by atoms with Crippen molar-refractivity contribution in [2.75, 3.05) is 19.8 Å². The first kappa shape index (κ1) is 15.1. The second kappa shape index (κ2) is 5.99. The van der Waals surface area contributed by atoms with Crippen LogP contribution in [0.4, 0.5) is 4.79 Å². The topological polar surface area (TPSA) is 78.9 Å². The third-order valence-electron chi connectivity index (χ3n) is 3.91. The summed E-state index contributed by atoms with van der Waals surface area (Å²) < 4.78 is 5.21. The molecule has 1 heterocycles. The Kier molecular flexibility index (Phi) is 4.52. The number of urea groups is 1. The number of nitrogens with zero attached hydrogens (tertiary/aromatic N) is 1. The van der Waals surface area contributed by atoms with Crippen molar-refractivity contribution in [1.82, 2.24) is 10.2 Å². The van der Waals surface area contributed by atoms with Crippen LogP contribution in [0.25, 0.3) is 0 Å². The molecule has 6 heteroatoms. The number of carboxylic acids is 1. The number of hydrogen-bond acceptors (Lipinski definition) is 3. The second-order valence-corrected chi connectivity index (χ2v) is 6.21. The molecule has 0 aromatic rings. The minimum Gasteiger partial charge on any atom is -0.480 e. The predicted octanol–water partition coefficient (Wildman–Crippen LogP) is 1.45. The van der Waals surface area contributed by atoms with Crippen LogP contribution in [0, 0.1) is 5.92 Å². The van der Waals surface area contributed by atoms with Gasteiger partial charge in [-0.2, -0.15) is 0 Å². The summed E-state index contributed by atoms with van der Waals surface area (Å²) in [6.07, 6.45) is 2.69. The van der Waals surface area contributed by atoms with Gasteiger partial charge >= 0.3 is 12.0 Å². The zero-order valence-electron chi connectivity index (χ0n) is 12.2. The molecule has 0 radical (unpaired) electrons. The van der Waals surface area contributed by atoms with E-state index in [9.17, 15) is 14.7 Å². The molecule has 0 unspecified atom stereocenters. The Hall–Kier alpha value is -1.30. The van der Waals surface area contributed by atoms with Crippen LogP contribution < -0.4 is 5.32 Å². The van der Waals surface area contributed by atoms with E-state index < -0.39 is 11.5 Å². The molecule has 2 rings (SSSR count). The van der Waals surface area contributed by atoms with Crippen LogP contribution in [0.3, 0.4) is 0 Å². The lowest BCUT2D eigenvalue weighted by Crippen LogP contribution is -2.60. The van der Waals surface area contributed by atoms with Crippen LogP contribution in [-0.4, -0.2) is 53.3 Å². The van der Waals surface area contributed by atoms with Crippen molar-refractivity contribution in [3.63, 3.8) is 0 Å². The number of amides is 2. The van der Waals surface area contributed by atoms with Crippen LogP contribution >= 0.6 is 0 Å². The van der Waals surface area contributed by atoms with Crippen LogP contribution in [-0.2, 0) is 9.53 Å². The third kappa shape index (κ3) is 3.42. The molecular weight excluding hydrogens is 260 g/mol. The maximum Gasteiger partial charge on any atom is 0.329 e. The molecule has 1 saturated heterocycles. The van der Waals surface area contributed by atoms with E-state index in [4.69, 9.17) is 4.74 Å². The van der Waals surface area contributed by atoms with Gasteiger partial charge in [0, 0.05) is 38.6 Å². The smallest absolute Gasteiger partial charge is 0.329 e. The Morgan fingerprint density at radius 1 is 1.35 bits per heavy atom. The molecular formula is C14H24N2O4. The Morgan fingerprint density at radius 3 is 2.40 bits per heavy atom. The summed E-state index contributed by atoms with van der Waals surface area (Å²) in [6.45, 7) is 5.54. The van der Waals surface area contributed by atoms with E-state index in [0.29, 0.717) is 38.5 Å². The van der Waals surface area contributed by atoms with Gasteiger partial charge < -0.3 is 20.1 Å². The van der Waals surface area contributed by atoms with E-state index in [1.165, 1.54) is 0 Å². The van der Waals surface area contributed by atoms with Gasteiger partial charge in [-0.15, -0.1) is 0 Å². The molecule has 0 atom stereocenters. The molecule has 0 bridgehead atoms. The molecule has 0 aromatic heterocycles. The highest BCUT2D eigenvalue weighted by Crippen LogP contribution is 2.29. The lowest BCUT2D eigenvalue weighted by Gasteiger charge is -2.36. The van der Waals surface area contributed by atoms with E-state index in [2.05, 4.69) is 19.2 Å². The third-order valence-corrected chi connectivity index (χ3v) is 3.91. The molecule has 0 aromatic carbocycles. The van der Waals surface area contributed by atoms with E-state index in [-0.39, 0.29) is 12.1 Å². The standard InChI is InChI=1S/C14H24N2O4/c1-10(2)9-16(11-3-4-11)13(19)15-14(12(17)18)5-7-20-8-6-14/h10-11H,3-9H2,1-2H3,(H,15,19)(H,17,18). The summed E-state index contributed by atoms with van der Waals surface area (Å²) in [4.78, 5) is 25.8. The van der Waals surface area contributed by atoms with Gasteiger partial charge in [0.05, 0.1) is 0 Å². The first-order chi connectivity index (χ1) is 9.44. The number of ether oxygens (including phenoxy) is 1. The van der Waals surface area contributed by atoms with Gasteiger partial charge in [0.25, 0.3) is 0 Å². The summed E-state index contributed by atoms with van der Waals surface area (Å²) in [5, 5.41) is 12.2. The fraction of sp³-hybridized carbons (Fsp3) is 0.857. The number of carboxylic acid groups (broad SMARTS) is 1. The monoisotopic (exact) mass is 284 g/mol. The number of carbonyl (C=O) groups is 2. The first-order valence-electron chi connectivity index (χ1n) is 7.34. The normalized spacial score (nSPS) is 21.6.